The molecule has 3 rings (SSSR count). The maximum atomic E-state index is 5.72. The fourth-order valence-electron chi connectivity index (χ4n) is 2.19. The number of hydrogen-bond donors (Lipinski definition) is 0. The van der Waals surface area contributed by atoms with Crippen molar-refractivity contribution in [3.8, 4) is 5.75 Å². The van der Waals surface area contributed by atoms with E-state index in [2.05, 4.69) is 25.1 Å². The van der Waals surface area contributed by atoms with Gasteiger partial charge in [0, 0.05) is 5.56 Å². The zero-order valence-electron chi connectivity index (χ0n) is 8.38. The van der Waals surface area contributed by atoms with Crippen molar-refractivity contribution in [1.82, 2.24) is 0 Å². The second kappa shape index (κ2) is 2.74. The number of benzene rings is 1. The van der Waals surface area contributed by atoms with E-state index in [1.54, 1.807) is 0 Å². The highest BCUT2D eigenvalue weighted by atomic mass is 16.6. The highest BCUT2D eigenvalue weighted by molar-refractivity contribution is 5.43. The first-order valence-corrected chi connectivity index (χ1v) is 5.18. The third-order valence-electron chi connectivity index (χ3n) is 3.10. The molecule has 74 valence electrons. The zero-order chi connectivity index (χ0) is 9.60. The number of hydrogen-bond acceptors (Lipinski definition) is 2. The van der Waals surface area contributed by atoms with Crippen LogP contribution in [0.2, 0.25) is 0 Å². The monoisotopic (exact) mass is 190 g/mol. The number of rotatable bonds is 0. The molecule has 2 heteroatoms. The third kappa shape index (κ3) is 1.14. The minimum atomic E-state index is 0.0134. The molecule has 1 aromatic carbocycles. The summed E-state index contributed by atoms with van der Waals surface area (Å²) in [6.07, 6.45) is 2.19. The standard InChI is InChI=1S/C12H14O2/c1-9-3-4-10-11(7-9)13-6-2-5-12(10)8-14-12/h3-4,7H,2,5-6,8H2,1H3. The molecule has 0 bridgehead atoms. The van der Waals surface area contributed by atoms with Gasteiger partial charge in [0.2, 0.25) is 0 Å². The molecule has 1 spiro atoms. The van der Waals surface area contributed by atoms with E-state index in [4.69, 9.17) is 9.47 Å². The summed E-state index contributed by atoms with van der Waals surface area (Å²) in [4.78, 5) is 0. The Balaban J connectivity index is 2.11. The Kier molecular flexibility index (Phi) is 1.62. The quantitative estimate of drug-likeness (QED) is 0.586. The lowest BCUT2D eigenvalue weighted by atomic mass is 9.94. The van der Waals surface area contributed by atoms with Gasteiger partial charge in [-0.3, -0.25) is 0 Å². The fraction of sp³-hybridized carbons (Fsp3) is 0.500. The molecule has 2 aliphatic rings. The normalized spacial score (nSPS) is 29.2. The van der Waals surface area contributed by atoms with Crippen LogP contribution in [0.4, 0.5) is 0 Å². The molecule has 0 radical (unpaired) electrons. The Labute approximate surface area is 83.8 Å². The van der Waals surface area contributed by atoms with Crippen LogP contribution in [0.3, 0.4) is 0 Å². The average molecular weight is 190 g/mol. The molecule has 1 aromatic rings. The summed E-state index contributed by atoms with van der Waals surface area (Å²) in [5.74, 6) is 1.03. The highest BCUT2D eigenvalue weighted by Gasteiger charge is 2.48. The number of fused-ring (bicyclic) bond motifs is 2. The molecule has 0 amide bonds. The van der Waals surface area contributed by atoms with Gasteiger partial charge < -0.3 is 9.47 Å². The Morgan fingerprint density at radius 1 is 1.36 bits per heavy atom. The molecule has 2 aliphatic heterocycles. The van der Waals surface area contributed by atoms with Crippen LogP contribution in [0.15, 0.2) is 18.2 Å². The van der Waals surface area contributed by atoms with Crippen LogP contribution >= 0.6 is 0 Å². The molecule has 1 unspecified atom stereocenters. The SMILES string of the molecule is Cc1ccc2c(c1)OCCCC21CO1. The van der Waals surface area contributed by atoms with Gasteiger partial charge in [-0.15, -0.1) is 0 Å². The summed E-state index contributed by atoms with van der Waals surface area (Å²) < 4.78 is 11.3. The predicted molar refractivity (Wildman–Crippen MR) is 53.5 cm³/mol. The second-order valence-corrected chi connectivity index (χ2v) is 4.23. The van der Waals surface area contributed by atoms with Gasteiger partial charge >= 0.3 is 0 Å². The first kappa shape index (κ1) is 8.30. The Morgan fingerprint density at radius 2 is 2.21 bits per heavy atom. The van der Waals surface area contributed by atoms with Crippen molar-refractivity contribution in [3.05, 3.63) is 29.3 Å². The van der Waals surface area contributed by atoms with E-state index in [-0.39, 0.29) is 5.60 Å². The summed E-state index contributed by atoms with van der Waals surface area (Å²) in [5, 5.41) is 0. The second-order valence-electron chi connectivity index (χ2n) is 4.23. The van der Waals surface area contributed by atoms with Crippen molar-refractivity contribution in [2.24, 2.45) is 0 Å². The minimum Gasteiger partial charge on any atom is -0.493 e. The van der Waals surface area contributed by atoms with E-state index in [1.807, 2.05) is 0 Å². The van der Waals surface area contributed by atoms with Crippen molar-refractivity contribution in [1.29, 1.82) is 0 Å². The summed E-state index contributed by atoms with van der Waals surface area (Å²) in [7, 11) is 0. The van der Waals surface area contributed by atoms with Gasteiger partial charge in [-0.05, 0) is 31.4 Å². The van der Waals surface area contributed by atoms with Gasteiger partial charge in [0.25, 0.3) is 0 Å². The largest absolute Gasteiger partial charge is 0.493 e. The van der Waals surface area contributed by atoms with Gasteiger partial charge in [0.15, 0.2) is 0 Å². The van der Waals surface area contributed by atoms with Crippen LogP contribution in [-0.4, -0.2) is 13.2 Å². The van der Waals surface area contributed by atoms with Crippen LogP contribution in [0.25, 0.3) is 0 Å². The summed E-state index contributed by atoms with van der Waals surface area (Å²) in [6, 6.07) is 6.41. The van der Waals surface area contributed by atoms with Crippen molar-refractivity contribution < 1.29 is 9.47 Å². The number of ether oxygens (including phenoxy) is 2. The van der Waals surface area contributed by atoms with Gasteiger partial charge in [-0.25, -0.2) is 0 Å². The molecule has 0 aliphatic carbocycles. The maximum absolute atomic E-state index is 5.72. The van der Waals surface area contributed by atoms with Crippen molar-refractivity contribution in [2.45, 2.75) is 25.4 Å². The van der Waals surface area contributed by atoms with Crippen LogP contribution in [0, 0.1) is 6.92 Å². The molecule has 2 nitrogen and oxygen atoms in total. The molecule has 0 aromatic heterocycles. The Bertz CT molecular complexity index is 367. The van der Waals surface area contributed by atoms with Crippen LogP contribution < -0.4 is 4.74 Å². The molecule has 2 heterocycles. The van der Waals surface area contributed by atoms with Crippen molar-refractivity contribution >= 4 is 0 Å². The number of epoxide rings is 1. The van der Waals surface area contributed by atoms with E-state index in [1.165, 1.54) is 11.1 Å². The minimum absolute atomic E-state index is 0.0134. The lowest BCUT2D eigenvalue weighted by molar-refractivity contribution is 0.283. The maximum Gasteiger partial charge on any atom is 0.125 e. The molecule has 1 atom stereocenters. The van der Waals surface area contributed by atoms with Crippen LogP contribution in [-0.2, 0) is 10.3 Å². The molecule has 0 saturated carbocycles. The molecule has 0 N–H and O–H groups in total. The Hall–Kier alpha value is -1.02. The average Bonchev–Trinajstić information content (AvgIpc) is 2.95. The summed E-state index contributed by atoms with van der Waals surface area (Å²) in [6.45, 7) is 3.78. The first-order valence-electron chi connectivity index (χ1n) is 5.18. The van der Waals surface area contributed by atoms with Crippen LogP contribution in [0.1, 0.15) is 24.0 Å². The fourth-order valence-corrected chi connectivity index (χ4v) is 2.19. The van der Waals surface area contributed by atoms with E-state index < -0.39 is 0 Å². The highest BCUT2D eigenvalue weighted by Crippen LogP contribution is 2.48. The van der Waals surface area contributed by atoms with E-state index >= 15 is 0 Å². The molecular weight excluding hydrogens is 176 g/mol. The van der Waals surface area contributed by atoms with Crippen molar-refractivity contribution in [3.63, 3.8) is 0 Å². The summed E-state index contributed by atoms with van der Waals surface area (Å²) >= 11 is 0. The van der Waals surface area contributed by atoms with E-state index in [9.17, 15) is 0 Å². The lowest BCUT2D eigenvalue weighted by Gasteiger charge is -2.11. The Morgan fingerprint density at radius 3 is 3.00 bits per heavy atom. The topological polar surface area (TPSA) is 21.8 Å². The van der Waals surface area contributed by atoms with Gasteiger partial charge in [0.05, 0.1) is 13.2 Å². The van der Waals surface area contributed by atoms with E-state index in [0.717, 1.165) is 31.8 Å². The van der Waals surface area contributed by atoms with Crippen molar-refractivity contribution in [2.75, 3.05) is 13.2 Å². The molecule has 14 heavy (non-hydrogen) atoms. The van der Waals surface area contributed by atoms with Gasteiger partial charge in [-0.2, -0.15) is 0 Å². The third-order valence-corrected chi connectivity index (χ3v) is 3.10. The van der Waals surface area contributed by atoms with Gasteiger partial charge in [-0.1, -0.05) is 12.1 Å². The zero-order valence-corrected chi connectivity index (χ0v) is 8.38. The summed E-state index contributed by atoms with van der Waals surface area (Å²) in [5.41, 5.74) is 2.52. The lowest BCUT2D eigenvalue weighted by Crippen LogP contribution is -2.07. The van der Waals surface area contributed by atoms with Gasteiger partial charge in [0.1, 0.15) is 11.4 Å². The predicted octanol–water partition coefficient (Wildman–Crippen LogP) is 2.39. The molecular formula is C12H14O2. The number of aryl methyl sites for hydroxylation is 1. The van der Waals surface area contributed by atoms with Crippen LogP contribution in [0.5, 0.6) is 5.75 Å². The molecule has 1 fully saturated rings. The van der Waals surface area contributed by atoms with E-state index in [0.29, 0.717) is 0 Å². The molecule has 1 saturated heterocycles. The first-order chi connectivity index (χ1) is 6.80. The smallest absolute Gasteiger partial charge is 0.125 e.